The maximum atomic E-state index is 13.2. The van der Waals surface area contributed by atoms with Gasteiger partial charge in [0.15, 0.2) is 0 Å². The van der Waals surface area contributed by atoms with Crippen LogP contribution < -0.4 is 5.73 Å². The molecule has 0 unspecified atom stereocenters. The second-order valence-corrected chi connectivity index (χ2v) is 5.04. The van der Waals surface area contributed by atoms with E-state index in [1.807, 2.05) is 30.3 Å². The number of carbonyl (C=O) groups is 1. The number of rotatable bonds is 5. The van der Waals surface area contributed by atoms with Crippen LogP contribution in [0.4, 0.5) is 4.39 Å². The molecule has 2 aromatic rings. The van der Waals surface area contributed by atoms with Crippen molar-refractivity contribution in [2.75, 3.05) is 13.1 Å². The van der Waals surface area contributed by atoms with Crippen LogP contribution in [0.5, 0.6) is 0 Å². The molecule has 2 aromatic carbocycles. The van der Waals surface area contributed by atoms with E-state index in [0.29, 0.717) is 25.2 Å². The molecule has 0 radical (unpaired) electrons. The van der Waals surface area contributed by atoms with Crippen LogP contribution in [0.25, 0.3) is 0 Å². The van der Waals surface area contributed by atoms with Gasteiger partial charge < -0.3 is 10.6 Å². The Labute approximate surface area is 128 Å². The lowest BCUT2D eigenvalue weighted by atomic mass is 10.1. The zero-order valence-electron chi connectivity index (χ0n) is 11.4. The predicted molar refractivity (Wildman–Crippen MR) is 81.6 cm³/mol. The number of nitrogens with two attached hydrogens (primary N) is 1. The van der Waals surface area contributed by atoms with E-state index in [2.05, 4.69) is 0 Å². The van der Waals surface area contributed by atoms with E-state index >= 15 is 0 Å². The van der Waals surface area contributed by atoms with Crippen molar-refractivity contribution in [3.05, 3.63) is 70.5 Å². The van der Waals surface area contributed by atoms with Gasteiger partial charge >= 0.3 is 0 Å². The minimum absolute atomic E-state index is 0.0618. The number of nitrogens with zero attached hydrogens (tertiary/aromatic N) is 1. The molecule has 0 atom stereocenters. The quantitative estimate of drug-likeness (QED) is 0.922. The molecule has 0 fully saturated rings. The highest BCUT2D eigenvalue weighted by atomic mass is 35.5. The summed E-state index contributed by atoms with van der Waals surface area (Å²) in [6.45, 7) is 1.22. The van der Waals surface area contributed by atoms with Crippen LogP contribution in [0.2, 0.25) is 5.02 Å². The van der Waals surface area contributed by atoms with E-state index in [9.17, 15) is 9.18 Å². The molecule has 110 valence electrons. The van der Waals surface area contributed by atoms with Crippen LogP contribution in [-0.4, -0.2) is 23.9 Å². The number of carbonyl (C=O) groups excluding carboxylic acids is 1. The molecule has 0 aliphatic rings. The van der Waals surface area contributed by atoms with E-state index in [0.717, 1.165) is 5.56 Å². The van der Waals surface area contributed by atoms with Crippen molar-refractivity contribution in [2.45, 2.75) is 6.54 Å². The van der Waals surface area contributed by atoms with Crippen LogP contribution in [-0.2, 0) is 6.54 Å². The number of benzene rings is 2. The Morgan fingerprint density at radius 2 is 1.90 bits per heavy atom. The number of hydrogen-bond acceptors (Lipinski definition) is 2. The average Bonchev–Trinajstić information content (AvgIpc) is 2.50. The highest BCUT2D eigenvalue weighted by Gasteiger charge is 2.16. The van der Waals surface area contributed by atoms with Gasteiger partial charge in [-0.2, -0.15) is 0 Å². The Morgan fingerprint density at radius 1 is 1.19 bits per heavy atom. The molecular formula is C16H16ClFN2O. The molecule has 0 heterocycles. The smallest absolute Gasteiger partial charge is 0.254 e. The molecule has 5 heteroatoms. The van der Waals surface area contributed by atoms with E-state index in [1.54, 1.807) is 4.90 Å². The molecule has 3 nitrogen and oxygen atoms in total. The van der Waals surface area contributed by atoms with Gasteiger partial charge in [-0.05, 0) is 23.8 Å². The van der Waals surface area contributed by atoms with Crippen molar-refractivity contribution in [1.82, 2.24) is 4.90 Å². The Bertz CT molecular complexity index is 619. The van der Waals surface area contributed by atoms with Gasteiger partial charge in [0, 0.05) is 25.2 Å². The second kappa shape index (κ2) is 7.20. The first-order chi connectivity index (χ1) is 10.1. The van der Waals surface area contributed by atoms with E-state index < -0.39 is 5.82 Å². The minimum Gasteiger partial charge on any atom is -0.333 e. The Hall–Kier alpha value is -1.91. The third kappa shape index (κ3) is 4.03. The van der Waals surface area contributed by atoms with Crippen molar-refractivity contribution in [3.8, 4) is 0 Å². The summed E-state index contributed by atoms with van der Waals surface area (Å²) in [4.78, 5) is 14.1. The standard InChI is InChI=1S/C16H16ClFN2O/c17-14-10-13(6-7-15(14)18)16(21)20(9-8-19)11-12-4-2-1-3-5-12/h1-7,10H,8-9,11,19H2. The first-order valence-electron chi connectivity index (χ1n) is 6.60. The molecule has 0 aliphatic carbocycles. The Balaban J connectivity index is 2.20. The summed E-state index contributed by atoms with van der Waals surface area (Å²) in [7, 11) is 0. The van der Waals surface area contributed by atoms with Gasteiger partial charge in [-0.15, -0.1) is 0 Å². The molecule has 0 aliphatic heterocycles. The molecule has 0 aromatic heterocycles. The summed E-state index contributed by atoms with van der Waals surface area (Å²) in [5.41, 5.74) is 6.93. The molecule has 0 saturated heterocycles. The van der Waals surface area contributed by atoms with E-state index in [4.69, 9.17) is 17.3 Å². The summed E-state index contributed by atoms with van der Waals surface area (Å²) >= 11 is 5.73. The van der Waals surface area contributed by atoms with Crippen molar-refractivity contribution >= 4 is 17.5 Å². The lowest BCUT2D eigenvalue weighted by molar-refractivity contribution is 0.0748. The Kier molecular flexibility index (Phi) is 5.31. The number of hydrogen-bond donors (Lipinski definition) is 1. The molecule has 0 saturated carbocycles. The van der Waals surface area contributed by atoms with Gasteiger partial charge in [-0.3, -0.25) is 4.79 Å². The number of amides is 1. The summed E-state index contributed by atoms with van der Waals surface area (Å²) < 4.78 is 13.2. The molecule has 0 bridgehead atoms. The predicted octanol–water partition coefficient (Wildman–Crippen LogP) is 3.08. The van der Waals surface area contributed by atoms with Gasteiger partial charge in [0.2, 0.25) is 0 Å². The lowest BCUT2D eigenvalue weighted by Gasteiger charge is -2.22. The fourth-order valence-electron chi connectivity index (χ4n) is 2.02. The summed E-state index contributed by atoms with van der Waals surface area (Å²) in [6, 6.07) is 13.6. The topological polar surface area (TPSA) is 46.3 Å². The van der Waals surface area contributed by atoms with E-state index in [-0.39, 0.29) is 10.9 Å². The lowest BCUT2D eigenvalue weighted by Crippen LogP contribution is -2.34. The second-order valence-electron chi connectivity index (χ2n) is 4.63. The summed E-state index contributed by atoms with van der Waals surface area (Å²) in [5.74, 6) is -0.757. The maximum Gasteiger partial charge on any atom is 0.254 e. The molecule has 21 heavy (non-hydrogen) atoms. The van der Waals surface area contributed by atoms with Crippen LogP contribution in [0.15, 0.2) is 48.5 Å². The Morgan fingerprint density at radius 3 is 2.52 bits per heavy atom. The molecule has 2 rings (SSSR count). The first-order valence-corrected chi connectivity index (χ1v) is 6.98. The van der Waals surface area contributed by atoms with Gasteiger partial charge in [-0.25, -0.2) is 4.39 Å². The largest absolute Gasteiger partial charge is 0.333 e. The van der Waals surface area contributed by atoms with Crippen LogP contribution in [0.3, 0.4) is 0 Å². The SMILES string of the molecule is NCCN(Cc1ccccc1)C(=O)c1ccc(F)c(Cl)c1. The zero-order chi connectivity index (χ0) is 15.2. The summed E-state index contributed by atoms with van der Waals surface area (Å²) in [5, 5.41) is -0.0618. The number of halogens is 2. The fraction of sp³-hybridized carbons (Fsp3) is 0.188. The molecule has 1 amide bonds. The van der Waals surface area contributed by atoms with Gasteiger partial charge in [0.05, 0.1) is 5.02 Å². The van der Waals surface area contributed by atoms with Crippen LogP contribution in [0.1, 0.15) is 15.9 Å². The average molecular weight is 307 g/mol. The normalized spacial score (nSPS) is 10.4. The fourth-order valence-corrected chi connectivity index (χ4v) is 2.20. The van der Waals surface area contributed by atoms with Gasteiger partial charge in [0.1, 0.15) is 5.82 Å². The van der Waals surface area contributed by atoms with Crippen LogP contribution in [0, 0.1) is 5.82 Å². The van der Waals surface area contributed by atoms with Gasteiger partial charge in [-0.1, -0.05) is 41.9 Å². The molecule has 2 N–H and O–H groups in total. The molecular weight excluding hydrogens is 291 g/mol. The minimum atomic E-state index is -0.540. The highest BCUT2D eigenvalue weighted by Crippen LogP contribution is 2.18. The monoisotopic (exact) mass is 306 g/mol. The van der Waals surface area contributed by atoms with Crippen molar-refractivity contribution in [3.63, 3.8) is 0 Å². The van der Waals surface area contributed by atoms with Crippen molar-refractivity contribution in [2.24, 2.45) is 5.73 Å². The van der Waals surface area contributed by atoms with Crippen molar-refractivity contribution < 1.29 is 9.18 Å². The third-order valence-corrected chi connectivity index (χ3v) is 3.36. The molecule has 0 spiro atoms. The zero-order valence-corrected chi connectivity index (χ0v) is 12.2. The summed E-state index contributed by atoms with van der Waals surface area (Å²) in [6.07, 6.45) is 0. The van der Waals surface area contributed by atoms with Crippen molar-refractivity contribution in [1.29, 1.82) is 0 Å². The first kappa shape index (κ1) is 15.5. The van der Waals surface area contributed by atoms with Crippen LogP contribution >= 0.6 is 11.6 Å². The maximum absolute atomic E-state index is 13.2. The third-order valence-electron chi connectivity index (χ3n) is 3.07. The van der Waals surface area contributed by atoms with E-state index in [1.165, 1.54) is 18.2 Å². The highest BCUT2D eigenvalue weighted by molar-refractivity contribution is 6.31. The van der Waals surface area contributed by atoms with Gasteiger partial charge in [0.25, 0.3) is 5.91 Å².